The molecule has 0 aliphatic rings. The van der Waals surface area contributed by atoms with E-state index in [1.165, 1.54) is 0 Å². The highest BCUT2D eigenvalue weighted by atomic mass is 15.0. The maximum Gasteiger partial charge on any atom is 0.164 e. The fourth-order valence-electron chi connectivity index (χ4n) is 4.93. The Morgan fingerprint density at radius 2 is 0.667 bits per heavy atom. The largest absolute Gasteiger partial charge is 0.256 e. The van der Waals surface area contributed by atoms with Crippen LogP contribution in [0.4, 0.5) is 0 Å². The maximum absolute atomic E-state index is 4.99. The zero-order chi connectivity index (χ0) is 28.1. The van der Waals surface area contributed by atoms with Gasteiger partial charge >= 0.3 is 0 Å². The summed E-state index contributed by atoms with van der Waals surface area (Å²) in [5, 5.41) is 0. The molecule has 0 unspecified atom stereocenters. The highest BCUT2D eigenvalue weighted by molar-refractivity contribution is 5.75. The fourth-order valence-corrected chi connectivity index (χ4v) is 4.93. The lowest BCUT2D eigenvalue weighted by Gasteiger charge is -2.11. The van der Waals surface area contributed by atoms with E-state index in [1.54, 1.807) is 12.4 Å². The molecule has 7 aromatic rings. The lowest BCUT2D eigenvalue weighted by molar-refractivity contribution is 1.07. The van der Waals surface area contributed by atoms with Crippen LogP contribution in [0.15, 0.2) is 152 Å². The third kappa shape index (κ3) is 5.31. The molecule has 0 spiro atoms. The molecular weight excluding hydrogens is 514 g/mol. The third-order valence-corrected chi connectivity index (χ3v) is 7.03. The quantitative estimate of drug-likeness (QED) is 0.212. The van der Waals surface area contributed by atoms with E-state index in [1.807, 2.05) is 91.0 Å². The van der Waals surface area contributed by atoms with Gasteiger partial charge in [0.1, 0.15) is 0 Å². The summed E-state index contributed by atoms with van der Waals surface area (Å²) in [5.41, 5.74) is 8.74. The molecule has 0 bridgehead atoms. The van der Waals surface area contributed by atoms with Gasteiger partial charge in [0.25, 0.3) is 0 Å². The average Bonchev–Trinajstić information content (AvgIpc) is 3.09. The van der Waals surface area contributed by atoms with Crippen LogP contribution in [0, 0.1) is 0 Å². The molecule has 0 radical (unpaired) electrons. The fraction of sp³-hybridized carbons (Fsp3) is 0. The van der Waals surface area contributed by atoms with Crippen molar-refractivity contribution in [3.63, 3.8) is 0 Å². The van der Waals surface area contributed by atoms with Crippen LogP contribution in [0.3, 0.4) is 0 Å². The molecule has 7 rings (SSSR count). The number of benzene rings is 4. The van der Waals surface area contributed by atoms with Gasteiger partial charge in [0.05, 0.1) is 11.4 Å². The Morgan fingerprint density at radius 3 is 1.12 bits per heavy atom. The van der Waals surface area contributed by atoms with Crippen LogP contribution >= 0.6 is 0 Å². The molecule has 198 valence electrons. The number of pyridine rings is 2. The summed E-state index contributed by atoms with van der Waals surface area (Å²) < 4.78 is 0. The maximum atomic E-state index is 4.99. The predicted octanol–water partition coefficient (Wildman–Crippen LogP) is 8.66. The molecule has 0 atom stereocenters. The van der Waals surface area contributed by atoms with Crippen molar-refractivity contribution < 1.29 is 0 Å². The van der Waals surface area contributed by atoms with Gasteiger partial charge in [0, 0.05) is 40.2 Å². The molecule has 0 fully saturated rings. The molecule has 0 aliphatic heterocycles. The number of nitrogens with zero attached hydrogens (tertiary/aromatic N) is 5. The average molecular weight is 540 g/mol. The van der Waals surface area contributed by atoms with Crippen LogP contribution in [0.1, 0.15) is 0 Å². The predicted molar refractivity (Wildman–Crippen MR) is 168 cm³/mol. The van der Waals surface area contributed by atoms with E-state index in [4.69, 9.17) is 15.0 Å². The summed E-state index contributed by atoms with van der Waals surface area (Å²) in [6.07, 6.45) is 3.60. The van der Waals surface area contributed by atoms with Gasteiger partial charge in [0.2, 0.25) is 0 Å². The first-order valence-electron chi connectivity index (χ1n) is 13.8. The Kier molecular flexibility index (Phi) is 6.81. The van der Waals surface area contributed by atoms with Crippen molar-refractivity contribution in [1.82, 2.24) is 24.9 Å². The van der Waals surface area contributed by atoms with Gasteiger partial charge in [-0.1, -0.05) is 97.1 Å². The first-order valence-corrected chi connectivity index (χ1v) is 13.8. The highest BCUT2D eigenvalue weighted by Gasteiger charge is 2.14. The molecule has 42 heavy (non-hydrogen) atoms. The monoisotopic (exact) mass is 539 g/mol. The van der Waals surface area contributed by atoms with E-state index in [9.17, 15) is 0 Å². The number of rotatable bonds is 6. The molecule has 3 heterocycles. The minimum atomic E-state index is 0.598. The molecule has 0 saturated carbocycles. The van der Waals surface area contributed by atoms with E-state index in [0.29, 0.717) is 17.5 Å². The van der Waals surface area contributed by atoms with Crippen LogP contribution in [0.2, 0.25) is 0 Å². The Morgan fingerprint density at radius 1 is 0.286 bits per heavy atom. The summed E-state index contributed by atoms with van der Waals surface area (Å²) in [6, 6.07) is 46.8. The molecule has 4 aromatic carbocycles. The number of hydrogen-bond donors (Lipinski definition) is 0. The van der Waals surface area contributed by atoms with E-state index in [-0.39, 0.29) is 0 Å². The molecular formula is C37H25N5. The van der Waals surface area contributed by atoms with Gasteiger partial charge in [-0.3, -0.25) is 9.97 Å². The second kappa shape index (κ2) is 11.4. The highest BCUT2D eigenvalue weighted by Crippen LogP contribution is 2.30. The zero-order valence-electron chi connectivity index (χ0n) is 22.7. The van der Waals surface area contributed by atoms with Crippen LogP contribution in [0.5, 0.6) is 0 Å². The van der Waals surface area contributed by atoms with Crippen LogP contribution in [-0.4, -0.2) is 24.9 Å². The molecule has 0 saturated heterocycles. The summed E-state index contributed by atoms with van der Waals surface area (Å²) in [6.45, 7) is 0. The Labute approximate surface area is 244 Å². The van der Waals surface area contributed by atoms with Gasteiger partial charge in [-0.25, -0.2) is 15.0 Å². The number of hydrogen-bond acceptors (Lipinski definition) is 5. The van der Waals surface area contributed by atoms with Crippen LogP contribution in [-0.2, 0) is 0 Å². The lowest BCUT2D eigenvalue weighted by Crippen LogP contribution is -2.00. The minimum absolute atomic E-state index is 0.598. The molecule has 5 heteroatoms. The molecule has 3 aromatic heterocycles. The molecule has 0 amide bonds. The van der Waals surface area contributed by atoms with Gasteiger partial charge in [-0.05, 0) is 53.6 Å². The van der Waals surface area contributed by atoms with Crippen LogP contribution < -0.4 is 0 Å². The van der Waals surface area contributed by atoms with Crippen molar-refractivity contribution in [1.29, 1.82) is 0 Å². The Bertz CT molecular complexity index is 1730. The molecule has 0 N–H and O–H groups in total. The first-order chi connectivity index (χ1) is 20.8. The molecule has 0 aliphatic carbocycles. The third-order valence-electron chi connectivity index (χ3n) is 7.03. The standard InChI is InChI=1S/C37H25N5/c1-2-11-26(12-3-1)27-13-8-16-30(23-27)35-40-36(31-17-9-14-28(24-31)33-19-4-6-21-38-33)42-37(41-35)32-18-10-15-29(25-32)34-20-5-7-22-39-34/h1-25H. The first kappa shape index (κ1) is 25.2. The summed E-state index contributed by atoms with van der Waals surface area (Å²) in [4.78, 5) is 24.0. The van der Waals surface area contributed by atoms with E-state index in [2.05, 4.69) is 58.5 Å². The van der Waals surface area contributed by atoms with E-state index >= 15 is 0 Å². The van der Waals surface area contributed by atoms with Crippen molar-refractivity contribution in [2.45, 2.75) is 0 Å². The normalized spacial score (nSPS) is 10.9. The summed E-state index contributed by atoms with van der Waals surface area (Å²) >= 11 is 0. The minimum Gasteiger partial charge on any atom is -0.256 e. The van der Waals surface area contributed by atoms with Crippen molar-refractivity contribution in [3.8, 4) is 67.8 Å². The van der Waals surface area contributed by atoms with Crippen LogP contribution in [0.25, 0.3) is 67.8 Å². The van der Waals surface area contributed by atoms with Crippen molar-refractivity contribution >= 4 is 0 Å². The van der Waals surface area contributed by atoms with Crippen molar-refractivity contribution in [3.05, 3.63) is 152 Å². The zero-order valence-corrected chi connectivity index (χ0v) is 22.7. The smallest absolute Gasteiger partial charge is 0.164 e. The Hall–Kier alpha value is -5.81. The Balaban J connectivity index is 1.38. The van der Waals surface area contributed by atoms with Gasteiger partial charge < -0.3 is 0 Å². The van der Waals surface area contributed by atoms with E-state index < -0.39 is 0 Å². The molecule has 5 nitrogen and oxygen atoms in total. The SMILES string of the molecule is c1ccc(-c2cccc(-c3nc(-c4cccc(-c5ccccn5)c4)nc(-c4cccc(-c5ccccn5)c4)n3)c2)cc1. The summed E-state index contributed by atoms with van der Waals surface area (Å²) in [5.74, 6) is 1.81. The van der Waals surface area contributed by atoms with Crippen molar-refractivity contribution in [2.75, 3.05) is 0 Å². The summed E-state index contributed by atoms with van der Waals surface area (Å²) in [7, 11) is 0. The van der Waals surface area contributed by atoms with Gasteiger partial charge in [-0.2, -0.15) is 0 Å². The topological polar surface area (TPSA) is 64.5 Å². The number of aromatic nitrogens is 5. The van der Waals surface area contributed by atoms with Crippen molar-refractivity contribution in [2.24, 2.45) is 0 Å². The van der Waals surface area contributed by atoms with E-state index in [0.717, 1.165) is 50.3 Å². The second-order valence-corrected chi connectivity index (χ2v) is 9.84. The lowest BCUT2D eigenvalue weighted by atomic mass is 10.0. The van der Waals surface area contributed by atoms with Gasteiger partial charge in [0.15, 0.2) is 17.5 Å². The van der Waals surface area contributed by atoms with Gasteiger partial charge in [-0.15, -0.1) is 0 Å². The second-order valence-electron chi connectivity index (χ2n) is 9.84.